The van der Waals surface area contributed by atoms with Crippen LogP contribution in [0.1, 0.15) is 10.4 Å². The van der Waals surface area contributed by atoms with E-state index in [0.29, 0.717) is 22.7 Å². The van der Waals surface area contributed by atoms with Crippen LogP contribution >= 0.6 is 0 Å². The molecule has 0 radical (unpaired) electrons. The quantitative estimate of drug-likeness (QED) is 0.851. The Bertz CT molecular complexity index is 668. The van der Waals surface area contributed by atoms with Crippen LogP contribution in [-0.4, -0.2) is 25.5 Å². The Morgan fingerprint density at radius 3 is 2.41 bits per heavy atom. The van der Waals surface area contributed by atoms with E-state index in [1.165, 1.54) is 6.07 Å². The molecule has 0 aliphatic carbocycles. The third-order valence-corrected chi connectivity index (χ3v) is 2.86. The Labute approximate surface area is 127 Å². The predicted octanol–water partition coefficient (Wildman–Crippen LogP) is 1.81. The van der Waals surface area contributed by atoms with Crippen LogP contribution in [0.25, 0.3) is 0 Å². The van der Waals surface area contributed by atoms with Gasteiger partial charge in [-0.05, 0) is 42.5 Å². The topological polar surface area (TPSA) is 90.7 Å². The number of amides is 2. The Balaban J connectivity index is 1.89. The molecule has 114 valence electrons. The number of hydrogen-bond acceptors (Lipinski definition) is 4. The standard InChI is InChI=1S/C16H16N2O4/c1-21-13-5-7-14(8-6-13)22-10-15(19)18-12-4-2-3-11(9-12)16(17)20/h2-9H,10H2,1H3,(H2,17,20)(H,18,19). The van der Waals surface area contributed by atoms with Crippen LogP contribution in [0.4, 0.5) is 5.69 Å². The maximum absolute atomic E-state index is 11.8. The van der Waals surface area contributed by atoms with Crippen LogP contribution in [0.5, 0.6) is 11.5 Å². The Kier molecular flexibility index (Phi) is 4.98. The molecular formula is C16H16N2O4. The number of primary amides is 1. The van der Waals surface area contributed by atoms with Gasteiger partial charge in [-0.15, -0.1) is 0 Å². The van der Waals surface area contributed by atoms with Crippen molar-refractivity contribution < 1.29 is 19.1 Å². The van der Waals surface area contributed by atoms with Gasteiger partial charge in [-0.25, -0.2) is 0 Å². The molecule has 0 aliphatic heterocycles. The lowest BCUT2D eigenvalue weighted by Crippen LogP contribution is -2.20. The van der Waals surface area contributed by atoms with Gasteiger partial charge in [-0.3, -0.25) is 9.59 Å². The highest BCUT2D eigenvalue weighted by Gasteiger charge is 2.06. The van der Waals surface area contributed by atoms with Crippen molar-refractivity contribution in [3.05, 3.63) is 54.1 Å². The zero-order chi connectivity index (χ0) is 15.9. The summed E-state index contributed by atoms with van der Waals surface area (Å²) in [7, 11) is 1.57. The maximum atomic E-state index is 11.8. The molecule has 6 heteroatoms. The zero-order valence-corrected chi connectivity index (χ0v) is 12.0. The molecule has 2 rings (SSSR count). The maximum Gasteiger partial charge on any atom is 0.262 e. The van der Waals surface area contributed by atoms with Crippen molar-refractivity contribution in [2.75, 3.05) is 19.0 Å². The second kappa shape index (κ2) is 7.12. The van der Waals surface area contributed by atoms with Gasteiger partial charge >= 0.3 is 0 Å². The monoisotopic (exact) mass is 300 g/mol. The average molecular weight is 300 g/mol. The first-order chi connectivity index (χ1) is 10.6. The van der Waals surface area contributed by atoms with Crippen LogP contribution in [0.3, 0.4) is 0 Å². The van der Waals surface area contributed by atoms with Crippen LogP contribution < -0.4 is 20.5 Å². The number of methoxy groups -OCH3 is 1. The molecule has 0 fully saturated rings. The summed E-state index contributed by atoms with van der Waals surface area (Å²) in [5.74, 6) is 0.380. The highest BCUT2D eigenvalue weighted by atomic mass is 16.5. The molecule has 0 aliphatic rings. The van der Waals surface area contributed by atoms with Crippen molar-refractivity contribution in [2.45, 2.75) is 0 Å². The largest absolute Gasteiger partial charge is 0.497 e. The van der Waals surface area contributed by atoms with Gasteiger partial charge in [0.05, 0.1) is 7.11 Å². The first-order valence-corrected chi connectivity index (χ1v) is 6.55. The normalized spacial score (nSPS) is 9.86. The second-order valence-electron chi connectivity index (χ2n) is 4.46. The van der Waals surface area contributed by atoms with Gasteiger partial charge in [0.1, 0.15) is 11.5 Å². The summed E-state index contributed by atoms with van der Waals surface area (Å²) in [6, 6.07) is 13.3. The summed E-state index contributed by atoms with van der Waals surface area (Å²) in [5, 5.41) is 2.63. The number of nitrogens with two attached hydrogens (primary N) is 1. The van der Waals surface area contributed by atoms with Crippen LogP contribution in [0.2, 0.25) is 0 Å². The molecule has 0 unspecified atom stereocenters. The number of nitrogens with one attached hydrogen (secondary N) is 1. The van der Waals surface area contributed by atoms with E-state index in [9.17, 15) is 9.59 Å². The molecule has 0 bridgehead atoms. The average Bonchev–Trinajstić information content (AvgIpc) is 2.53. The minimum Gasteiger partial charge on any atom is -0.497 e. The van der Waals surface area contributed by atoms with E-state index in [4.69, 9.17) is 15.2 Å². The minimum absolute atomic E-state index is 0.146. The molecule has 0 heterocycles. The number of ether oxygens (including phenoxy) is 2. The molecule has 0 saturated heterocycles. The smallest absolute Gasteiger partial charge is 0.262 e. The van der Waals surface area contributed by atoms with E-state index in [1.807, 2.05) is 0 Å². The van der Waals surface area contributed by atoms with Crippen LogP contribution in [-0.2, 0) is 4.79 Å². The molecule has 2 amide bonds. The lowest BCUT2D eigenvalue weighted by molar-refractivity contribution is -0.118. The fourth-order valence-corrected chi connectivity index (χ4v) is 1.77. The van der Waals surface area contributed by atoms with E-state index in [1.54, 1.807) is 49.6 Å². The van der Waals surface area contributed by atoms with Gasteiger partial charge in [-0.2, -0.15) is 0 Å². The first kappa shape index (κ1) is 15.4. The Morgan fingerprint density at radius 2 is 1.77 bits per heavy atom. The number of benzene rings is 2. The molecule has 22 heavy (non-hydrogen) atoms. The summed E-state index contributed by atoms with van der Waals surface area (Å²) < 4.78 is 10.4. The van der Waals surface area contributed by atoms with Gasteiger partial charge in [0.25, 0.3) is 5.91 Å². The zero-order valence-electron chi connectivity index (χ0n) is 12.0. The van der Waals surface area contributed by atoms with E-state index >= 15 is 0 Å². The molecular weight excluding hydrogens is 284 g/mol. The van der Waals surface area contributed by atoms with Gasteiger partial charge in [0.15, 0.2) is 6.61 Å². The molecule has 0 saturated carbocycles. The Hall–Kier alpha value is -3.02. The number of carbonyl (C=O) groups is 2. The number of hydrogen-bond donors (Lipinski definition) is 2. The Morgan fingerprint density at radius 1 is 1.09 bits per heavy atom. The van der Waals surface area contributed by atoms with E-state index in [2.05, 4.69) is 5.32 Å². The molecule has 3 N–H and O–H groups in total. The third kappa shape index (κ3) is 4.24. The van der Waals surface area contributed by atoms with E-state index in [-0.39, 0.29) is 12.5 Å². The summed E-state index contributed by atoms with van der Waals surface area (Å²) in [5.41, 5.74) is 6.00. The highest BCUT2D eigenvalue weighted by molar-refractivity contribution is 5.96. The van der Waals surface area contributed by atoms with E-state index < -0.39 is 5.91 Å². The second-order valence-corrected chi connectivity index (χ2v) is 4.46. The summed E-state index contributed by atoms with van der Waals surface area (Å²) >= 11 is 0. The summed E-state index contributed by atoms with van der Waals surface area (Å²) in [6.07, 6.45) is 0. The molecule has 2 aromatic carbocycles. The third-order valence-electron chi connectivity index (χ3n) is 2.86. The predicted molar refractivity (Wildman–Crippen MR) is 82.1 cm³/mol. The van der Waals surface area contributed by atoms with Crippen molar-refractivity contribution in [3.63, 3.8) is 0 Å². The van der Waals surface area contributed by atoms with Crippen molar-refractivity contribution in [1.82, 2.24) is 0 Å². The van der Waals surface area contributed by atoms with Gasteiger partial charge < -0.3 is 20.5 Å². The molecule has 0 spiro atoms. The van der Waals surface area contributed by atoms with Crippen molar-refractivity contribution >= 4 is 17.5 Å². The fraction of sp³-hybridized carbons (Fsp3) is 0.125. The number of anilines is 1. The van der Waals surface area contributed by atoms with Crippen LogP contribution in [0, 0.1) is 0 Å². The fourth-order valence-electron chi connectivity index (χ4n) is 1.77. The van der Waals surface area contributed by atoms with Gasteiger partial charge in [0, 0.05) is 11.3 Å². The molecule has 6 nitrogen and oxygen atoms in total. The lowest BCUT2D eigenvalue weighted by Gasteiger charge is -2.08. The number of carbonyl (C=O) groups excluding carboxylic acids is 2. The summed E-state index contributed by atoms with van der Waals surface area (Å²) in [4.78, 5) is 22.9. The molecule has 0 atom stereocenters. The van der Waals surface area contributed by atoms with Crippen LogP contribution in [0.15, 0.2) is 48.5 Å². The van der Waals surface area contributed by atoms with Crippen molar-refractivity contribution in [2.24, 2.45) is 5.73 Å². The van der Waals surface area contributed by atoms with Crippen molar-refractivity contribution in [1.29, 1.82) is 0 Å². The van der Waals surface area contributed by atoms with E-state index in [0.717, 1.165) is 0 Å². The minimum atomic E-state index is -0.550. The summed E-state index contributed by atoms with van der Waals surface area (Å²) in [6.45, 7) is -0.146. The highest BCUT2D eigenvalue weighted by Crippen LogP contribution is 2.17. The first-order valence-electron chi connectivity index (χ1n) is 6.55. The van der Waals surface area contributed by atoms with Crippen molar-refractivity contribution in [3.8, 4) is 11.5 Å². The van der Waals surface area contributed by atoms with Gasteiger partial charge in [0.2, 0.25) is 5.91 Å². The molecule has 2 aromatic rings. The SMILES string of the molecule is COc1ccc(OCC(=O)Nc2cccc(C(N)=O)c2)cc1. The molecule has 0 aromatic heterocycles. The van der Waals surface area contributed by atoms with Gasteiger partial charge in [-0.1, -0.05) is 6.07 Å². The lowest BCUT2D eigenvalue weighted by atomic mass is 10.2. The number of rotatable bonds is 6.